The van der Waals surface area contributed by atoms with E-state index in [1.165, 1.54) is 0 Å². The number of aryl methyl sites for hydroxylation is 3. The highest BCUT2D eigenvalue weighted by atomic mass is 16.5. The molecule has 0 atom stereocenters. The molecule has 0 aliphatic heterocycles. The van der Waals surface area contributed by atoms with Gasteiger partial charge in [0.05, 0.1) is 7.11 Å². The fourth-order valence-corrected chi connectivity index (χ4v) is 2.24. The van der Waals surface area contributed by atoms with Gasteiger partial charge in [-0.15, -0.1) is 0 Å². The van der Waals surface area contributed by atoms with E-state index in [2.05, 4.69) is 11.2 Å². The number of rotatable bonds is 3. The Morgan fingerprint density at radius 1 is 1.28 bits per heavy atom. The number of methoxy groups -OCH3 is 1. The molecule has 0 amide bonds. The van der Waals surface area contributed by atoms with Gasteiger partial charge in [-0.3, -0.25) is 0 Å². The Balaban J connectivity index is 2.69. The molecular formula is C14H18N2O2. The van der Waals surface area contributed by atoms with Gasteiger partial charge in [0.2, 0.25) is 0 Å². The van der Waals surface area contributed by atoms with E-state index >= 15 is 0 Å². The fraction of sp³-hybridized carbons (Fsp3) is 0.357. The van der Waals surface area contributed by atoms with Gasteiger partial charge < -0.3 is 15.0 Å². The summed E-state index contributed by atoms with van der Waals surface area (Å²) in [6.07, 6.45) is 0. The summed E-state index contributed by atoms with van der Waals surface area (Å²) in [4.78, 5) is 0. The fourth-order valence-electron chi connectivity index (χ4n) is 2.24. The lowest BCUT2D eigenvalue weighted by atomic mass is 10.00. The summed E-state index contributed by atoms with van der Waals surface area (Å²) in [6, 6.07) is 4.12. The molecule has 1 heterocycles. The van der Waals surface area contributed by atoms with Crippen LogP contribution in [0.5, 0.6) is 5.75 Å². The second kappa shape index (κ2) is 4.82. The maximum absolute atomic E-state index is 5.76. The molecule has 2 N–H and O–H groups in total. The molecule has 0 aliphatic carbocycles. The minimum Gasteiger partial charge on any atom is -0.496 e. The van der Waals surface area contributed by atoms with Crippen molar-refractivity contribution in [2.45, 2.75) is 27.3 Å². The van der Waals surface area contributed by atoms with Crippen LogP contribution in [0.4, 0.5) is 0 Å². The molecule has 0 aliphatic rings. The van der Waals surface area contributed by atoms with Crippen LogP contribution in [-0.4, -0.2) is 12.3 Å². The Labute approximate surface area is 107 Å². The third kappa shape index (κ3) is 1.99. The molecule has 1 aromatic heterocycles. The van der Waals surface area contributed by atoms with Crippen molar-refractivity contribution in [1.29, 1.82) is 0 Å². The van der Waals surface area contributed by atoms with Crippen molar-refractivity contribution in [2.75, 3.05) is 7.11 Å². The zero-order valence-corrected chi connectivity index (χ0v) is 11.2. The zero-order chi connectivity index (χ0) is 13.3. The number of nitrogens with zero attached hydrogens (tertiary/aromatic N) is 1. The van der Waals surface area contributed by atoms with Gasteiger partial charge in [-0.05, 0) is 38.0 Å². The van der Waals surface area contributed by atoms with Crippen molar-refractivity contribution >= 4 is 0 Å². The molecule has 4 heteroatoms. The lowest BCUT2D eigenvalue weighted by molar-refractivity contribution is 0.395. The number of ether oxygens (including phenoxy) is 1. The van der Waals surface area contributed by atoms with E-state index in [9.17, 15) is 0 Å². The third-order valence-electron chi connectivity index (χ3n) is 3.07. The van der Waals surface area contributed by atoms with Gasteiger partial charge >= 0.3 is 0 Å². The quantitative estimate of drug-likeness (QED) is 0.904. The second-order valence-corrected chi connectivity index (χ2v) is 4.43. The third-order valence-corrected chi connectivity index (χ3v) is 3.07. The van der Waals surface area contributed by atoms with E-state index in [0.29, 0.717) is 6.54 Å². The summed E-state index contributed by atoms with van der Waals surface area (Å²) in [5, 5.41) is 4.11. The highest BCUT2D eigenvalue weighted by Gasteiger charge is 2.18. The van der Waals surface area contributed by atoms with Crippen LogP contribution in [0.1, 0.15) is 22.5 Å². The Morgan fingerprint density at radius 2 is 2.00 bits per heavy atom. The van der Waals surface area contributed by atoms with Crippen LogP contribution in [0.2, 0.25) is 0 Å². The molecular weight excluding hydrogens is 228 g/mol. The molecule has 2 rings (SSSR count). The average Bonchev–Trinajstić information content (AvgIpc) is 2.69. The van der Waals surface area contributed by atoms with Crippen molar-refractivity contribution in [1.82, 2.24) is 5.16 Å². The van der Waals surface area contributed by atoms with E-state index in [1.54, 1.807) is 7.11 Å². The number of aromatic nitrogens is 1. The summed E-state index contributed by atoms with van der Waals surface area (Å²) < 4.78 is 10.7. The normalized spacial score (nSPS) is 10.7. The van der Waals surface area contributed by atoms with Crippen molar-refractivity contribution < 1.29 is 9.26 Å². The van der Waals surface area contributed by atoms with Gasteiger partial charge in [0.15, 0.2) is 0 Å². The monoisotopic (exact) mass is 246 g/mol. The molecule has 1 aromatic carbocycles. The molecule has 0 saturated carbocycles. The minimum atomic E-state index is 0.404. The molecule has 0 saturated heterocycles. The number of nitrogens with two attached hydrogens (primary N) is 1. The van der Waals surface area contributed by atoms with Crippen LogP contribution in [0.3, 0.4) is 0 Å². The average molecular weight is 246 g/mol. The second-order valence-electron chi connectivity index (χ2n) is 4.43. The van der Waals surface area contributed by atoms with Crippen molar-refractivity contribution in [3.63, 3.8) is 0 Å². The van der Waals surface area contributed by atoms with E-state index in [4.69, 9.17) is 15.0 Å². The molecule has 96 valence electrons. The lowest BCUT2D eigenvalue weighted by Crippen LogP contribution is -2.00. The Hall–Kier alpha value is -1.81. The number of hydrogen-bond acceptors (Lipinski definition) is 4. The molecule has 18 heavy (non-hydrogen) atoms. The topological polar surface area (TPSA) is 61.3 Å². The first-order valence-corrected chi connectivity index (χ1v) is 5.89. The summed E-state index contributed by atoms with van der Waals surface area (Å²) >= 11 is 0. The minimum absolute atomic E-state index is 0.404. The molecule has 0 fully saturated rings. The standard InChI is InChI=1S/C14H18N2O2/c1-8-5-9(2)14(17-4)11(6-8)13-12(7-15)10(3)18-16-13/h5-6H,7,15H2,1-4H3. The summed E-state index contributed by atoms with van der Waals surface area (Å²) in [5.74, 6) is 1.58. The molecule has 0 spiro atoms. The maximum Gasteiger partial charge on any atom is 0.138 e. The summed E-state index contributed by atoms with van der Waals surface area (Å²) in [7, 11) is 1.66. The largest absolute Gasteiger partial charge is 0.496 e. The first kappa shape index (κ1) is 12.6. The van der Waals surface area contributed by atoms with E-state index in [-0.39, 0.29) is 0 Å². The van der Waals surface area contributed by atoms with Crippen LogP contribution < -0.4 is 10.5 Å². The summed E-state index contributed by atoms with van der Waals surface area (Å²) in [5.41, 5.74) is 10.6. The molecule has 0 radical (unpaired) electrons. The van der Waals surface area contributed by atoms with Gasteiger partial charge in [-0.1, -0.05) is 11.2 Å². The Bertz CT molecular complexity index is 573. The van der Waals surface area contributed by atoms with E-state index < -0.39 is 0 Å². The first-order valence-electron chi connectivity index (χ1n) is 5.89. The van der Waals surface area contributed by atoms with Crippen LogP contribution in [0.15, 0.2) is 16.7 Å². The highest BCUT2D eigenvalue weighted by molar-refractivity contribution is 5.72. The lowest BCUT2D eigenvalue weighted by Gasteiger charge is -2.11. The number of benzene rings is 1. The summed E-state index contributed by atoms with van der Waals surface area (Å²) in [6.45, 7) is 6.34. The Morgan fingerprint density at radius 3 is 2.61 bits per heavy atom. The zero-order valence-electron chi connectivity index (χ0n) is 11.2. The smallest absolute Gasteiger partial charge is 0.138 e. The van der Waals surface area contributed by atoms with Gasteiger partial charge in [0, 0.05) is 17.7 Å². The first-order chi connectivity index (χ1) is 8.58. The van der Waals surface area contributed by atoms with Crippen molar-refractivity contribution in [2.24, 2.45) is 5.73 Å². The van der Waals surface area contributed by atoms with Crippen LogP contribution >= 0.6 is 0 Å². The van der Waals surface area contributed by atoms with Crippen LogP contribution in [0, 0.1) is 20.8 Å². The van der Waals surface area contributed by atoms with E-state index in [1.807, 2.05) is 26.8 Å². The molecule has 0 bridgehead atoms. The van der Waals surface area contributed by atoms with Crippen molar-refractivity contribution in [3.8, 4) is 17.0 Å². The van der Waals surface area contributed by atoms with Crippen LogP contribution in [-0.2, 0) is 6.54 Å². The molecule has 4 nitrogen and oxygen atoms in total. The maximum atomic E-state index is 5.76. The van der Waals surface area contributed by atoms with Gasteiger partial charge in [-0.25, -0.2) is 0 Å². The molecule has 2 aromatic rings. The molecule has 0 unspecified atom stereocenters. The van der Waals surface area contributed by atoms with Crippen molar-refractivity contribution in [3.05, 3.63) is 34.6 Å². The van der Waals surface area contributed by atoms with Gasteiger partial charge in [0.1, 0.15) is 17.2 Å². The predicted octanol–water partition coefficient (Wildman–Crippen LogP) is 2.73. The van der Waals surface area contributed by atoms with Gasteiger partial charge in [0.25, 0.3) is 0 Å². The van der Waals surface area contributed by atoms with Gasteiger partial charge in [-0.2, -0.15) is 0 Å². The SMILES string of the molecule is COc1c(C)cc(C)cc1-c1noc(C)c1CN. The highest BCUT2D eigenvalue weighted by Crippen LogP contribution is 2.35. The van der Waals surface area contributed by atoms with Crippen LogP contribution in [0.25, 0.3) is 11.3 Å². The number of hydrogen-bond donors (Lipinski definition) is 1. The Kier molecular flexibility index (Phi) is 3.39. The predicted molar refractivity (Wildman–Crippen MR) is 70.6 cm³/mol. The van der Waals surface area contributed by atoms with E-state index in [0.717, 1.165) is 39.5 Å².